The Morgan fingerprint density at radius 1 is 1.13 bits per heavy atom. The number of fused-ring (bicyclic) bond motifs is 2. The molecule has 31 heavy (non-hydrogen) atoms. The number of ether oxygens (including phenoxy) is 1. The Bertz CT molecular complexity index is 1070. The van der Waals surface area contributed by atoms with Crippen LogP contribution in [0.1, 0.15) is 17.5 Å². The second kappa shape index (κ2) is 7.29. The Balaban J connectivity index is 1.50. The first-order valence-electron chi connectivity index (χ1n) is 11.0. The molecule has 2 amide bonds. The molecule has 6 atom stereocenters. The maximum absolute atomic E-state index is 13.9. The minimum atomic E-state index is -1.96. The first kappa shape index (κ1) is 20.2. The molecule has 4 heterocycles. The molecule has 0 aromatic heterocycles. The zero-order valence-corrected chi connectivity index (χ0v) is 23.7. The molecule has 1 saturated carbocycles. The Kier molecular flexibility index (Phi) is 4.75. The molecule has 1 spiro atoms. The second-order valence-electron chi connectivity index (χ2n) is 9.34. The Morgan fingerprint density at radius 2 is 1.87 bits per heavy atom. The van der Waals surface area contributed by atoms with Gasteiger partial charge in [0, 0.05) is 0 Å². The van der Waals surface area contributed by atoms with Crippen molar-refractivity contribution >= 4 is 25.8 Å². The number of anilines is 1. The molecule has 1 aliphatic carbocycles. The van der Waals surface area contributed by atoms with Gasteiger partial charge in [-0.1, -0.05) is 0 Å². The van der Waals surface area contributed by atoms with Crippen molar-refractivity contribution in [3.8, 4) is 0 Å². The van der Waals surface area contributed by atoms with Crippen molar-refractivity contribution in [3.63, 3.8) is 0 Å². The second-order valence-corrected chi connectivity index (χ2v) is 16.9. The molecule has 4 fully saturated rings. The van der Waals surface area contributed by atoms with Gasteiger partial charge in [0.15, 0.2) is 0 Å². The van der Waals surface area contributed by atoms with E-state index >= 15 is 0 Å². The molecule has 3 saturated heterocycles. The van der Waals surface area contributed by atoms with Crippen LogP contribution in [0, 0.1) is 11.8 Å². The van der Waals surface area contributed by atoms with Crippen molar-refractivity contribution in [1.29, 1.82) is 0 Å². The molecular formula is C24H23ClHgN2O3. The van der Waals surface area contributed by atoms with Crippen molar-refractivity contribution in [1.82, 2.24) is 4.90 Å². The Morgan fingerprint density at radius 3 is 2.65 bits per heavy atom. The summed E-state index contributed by atoms with van der Waals surface area (Å²) in [6.45, 7) is 1.12. The number of hydrogen-bond donors (Lipinski definition) is 0. The van der Waals surface area contributed by atoms with E-state index in [-0.39, 0.29) is 39.2 Å². The normalized spacial score (nSPS) is 35.5. The van der Waals surface area contributed by atoms with E-state index in [1.165, 1.54) is 0 Å². The van der Waals surface area contributed by atoms with Crippen molar-refractivity contribution in [2.45, 2.75) is 34.0 Å². The third-order valence-electron chi connectivity index (χ3n) is 8.07. The van der Waals surface area contributed by atoms with Crippen LogP contribution in [0.3, 0.4) is 0 Å². The first-order valence-corrected chi connectivity index (χ1v) is 20.9. The van der Waals surface area contributed by atoms with Gasteiger partial charge in [-0.25, -0.2) is 0 Å². The topological polar surface area (TPSA) is 49.9 Å². The summed E-state index contributed by atoms with van der Waals surface area (Å²) in [5, 5.41) is 0. The summed E-state index contributed by atoms with van der Waals surface area (Å²) in [6, 6.07) is 18.2. The summed E-state index contributed by atoms with van der Waals surface area (Å²) >= 11 is -1.96. The number of rotatable bonds is 3. The molecule has 5 aliphatic rings. The fourth-order valence-electron chi connectivity index (χ4n) is 6.76. The zero-order chi connectivity index (χ0) is 21.3. The predicted octanol–water partition coefficient (Wildman–Crippen LogP) is 3.37. The van der Waals surface area contributed by atoms with Gasteiger partial charge in [0.2, 0.25) is 0 Å². The van der Waals surface area contributed by atoms with Gasteiger partial charge in [0.25, 0.3) is 0 Å². The fraction of sp³-hybridized carbons (Fsp3) is 0.417. The van der Waals surface area contributed by atoms with Crippen LogP contribution in [-0.4, -0.2) is 42.5 Å². The van der Waals surface area contributed by atoms with Crippen LogP contribution in [0.5, 0.6) is 0 Å². The van der Waals surface area contributed by atoms with E-state index in [4.69, 9.17) is 13.0 Å². The number of para-hydroxylation sites is 1. The number of likely N-dealkylation sites (tertiary alicyclic amines) is 1. The van der Waals surface area contributed by atoms with Crippen molar-refractivity contribution in [2.75, 3.05) is 18.6 Å². The van der Waals surface area contributed by atoms with Gasteiger partial charge in [-0.05, 0) is 0 Å². The number of benzene rings is 2. The quantitative estimate of drug-likeness (QED) is 0.494. The van der Waals surface area contributed by atoms with E-state index in [9.17, 15) is 9.59 Å². The molecule has 4 bridgehead atoms. The summed E-state index contributed by atoms with van der Waals surface area (Å²) in [5.41, 5.74) is 2.39. The van der Waals surface area contributed by atoms with E-state index in [2.05, 4.69) is 18.2 Å². The van der Waals surface area contributed by atoms with Gasteiger partial charge in [-0.15, -0.1) is 0 Å². The summed E-state index contributed by atoms with van der Waals surface area (Å²) in [4.78, 5) is 31.4. The first-order chi connectivity index (χ1) is 15.1. The predicted molar refractivity (Wildman–Crippen MR) is 113 cm³/mol. The van der Waals surface area contributed by atoms with Crippen molar-refractivity contribution in [2.24, 2.45) is 11.8 Å². The average Bonchev–Trinajstić information content (AvgIpc) is 3.05. The van der Waals surface area contributed by atoms with E-state index in [0.717, 1.165) is 16.8 Å². The van der Waals surface area contributed by atoms with Crippen molar-refractivity contribution in [3.05, 3.63) is 65.7 Å². The zero-order valence-electron chi connectivity index (χ0n) is 17.4. The van der Waals surface area contributed by atoms with Crippen LogP contribution in [0.25, 0.3) is 0 Å². The molecule has 0 radical (unpaired) electrons. The maximum atomic E-state index is 13.9. The summed E-state index contributed by atoms with van der Waals surface area (Å²) in [7, 11) is 8.59. The average molecular weight is 624 g/mol. The molecule has 2 aromatic rings. The monoisotopic (exact) mass is 624 g/mol. The molecule has 1 unspecified atom stereocenters. The summed E-state index contributed by atoms with van der Waals surface area (Å²) in [6.07, 6.45) is 0.345. The van der Waals surface area contributed by atoms with Gasteiger partial charge < -0.3 is 0 Å². The molecule has 0 N–H and O–H groups in total. The number of likely N-dealkylation sites (N-methyl/N-ethyl adjacent to an activating group) is 1. The van der Waals surface area contributed by atoms with Gasteiger partial charge in [-0.2, -0.15) is 0 Å². The molecular weight excluding hydrogens is 600 g/mol. The van der Waals surface area contributed by atoms with Crippen LogP contribution in [0.15, 0.2) is 54.6 Å². The molecule has 156 valence electrons. The molecule has 2 aromatic carbocycles. The standard InChI is InChI=1S/C24H23N2O3.ClH.Hg/c1-25-19-10-6-5-9-18(19)24(23(25)28)12-20-17-14-29-21(24)11-16(17)22(27)26(20)13-15-7-3-2-4-8-15;;/h2-11,16-17,20-21H,12-14H2,1H3;1H;/q;;+1/p-1/t16-,17+,20+,21+,24+;;/m0../s1. The number of halogens is 1. The third-order valence-corrected chi connectivity index (χ3v) is 16.2. The van der Waals surface area contributed by atoms with Crippen LogP contribution in [0.4, 0.5) is 5.69 Å². The van der Waals surface area contributed by atoms with Crippen LogP contribution >= 0.6 is 8.25 Å². The number of carbonyl (C=O) groups excluding carboxylic acids is 2. The minimum absolute atomic E-state index is 0.00664. The van der Waals surface area contributed by atoms with Gasteiger partial charge in [0.05, 0.1) is 0 Å². The molecule has 7 heteroatoms. The van der Waals surface area contributed by atoms with Crippen LogP contribution in [0.2, 0.25) is 3.43 Å². The number of amides is 2. The summed E-state index contributed by atoms with van der Waals surface area (Å²) in [5.74, 6) is 0.362. The molecule has 4 aliphatic heterocycles. The number of carbonyl (C=O) groups is 2. The van der Waals surface area contributed by atoms with E-state index in [0.29, 0.717) is 19.6 Å². The number of hydrogen-bond acceptors (Lipinski definition) is 3. The van der Waals surface area contributed by atoms with Crippen LogP contribution < -0.4 is 4.90 Å². The van der Waals surface area contributed by atoms with E-state index in [1.807, 2.05) is 48.3 Å². The summed E-state index contributed by atoms with van der Waals surface area (Å²) < 4.78 is 6.53. The van der Waals surface area contributed by atoms with Gasteiger partial charge >= 0.3 is 198 Å². The third kappa shape index (κ3) is 2.63. The SMILES string of the molecule is CN1C(=O)[C@]2(C[C@@H]3[C@@H]4CO[C@@H]2[CH]([Hg][Cl])[C@@H]4C(=O)N3Cc2ccccc2)c2ccccc21. The van der Waals surface area contributed by atoms with Crippen molar-refractivity contribution < 1.29 is 37.7 Å². The van der Waals surface area contributed by atoms with E-state index < -0.39 is 28.8 Å². The fourth-order valence-corrected chi connectivity index (χ4v) is 15.5. The van der Waals surface area contributed by atoms with E-state index in [1.54, 1.807) is 4.90 Å². The Labute approximate surface area is 197 Å². The number of nitrogens with zero attached hydrogens (tertiary/aromatic N) is 2. The van der Waals surface area contributed by atoms with Gasteiger partial charge in [0.1, 0.15) is 0 Å². The van der Waals surface area contributed by atoms with Gasteiger partial charge in [-0.3, -0.25) is 0 Å². The molecule has 5 nitrogen and oxygen atoms in total. The Hall–Kier alpha value is -1.43. The van der Waals surface area contributed by atoms with Crippen LogP contribution in [-0.2, 0) is 49.6 Å². The molecule has 7 rings (SSSR count).